The van der Waals surface area contributed by atoms with Gasteiger partial charge in [0.15, 0.2) is 12.6 Å². The quantitative estimate of drug-likeness (QED) is 0.239. The van der Waals surface area contributed by atoms with Crippen LogP contribution in [0.4, 0.5) is 4.39 Å². The molecule has 2 fully saturated rings. The Labute approximate surface area is 135 Å². The average Bonchev–Trinajstić information content (AvgIpc) is 2.55. The summed E-state index contributed by atoms with van der Waals surface area (Å²) in [7, 11) is 0. The SMILES string of the molecule is OC[C@H]1O[C@H](O[C@@H]2O[C@H](C(O)F)[C@@H](O)[C@H](O)[C@H]2O)[C@H](O)[C@@H](O)[C@@H]1O. The van der Waals surface area contributed by atoms with E-state index in [0.29, 0.717) is 0 Å². The van der Waals surface area contributed by atoms with Gasteiger partial charge in [0.05, 0.1) is 6.61 Å². The van der Waals surface area contributed by atoms with Gasteiger partial charge in [-0.3, -0.25) is 0 Å². The van der Waals surface area contributed by atoms with Crippen LogP contribution in [0.2, 0.25) is 0 Å². The fraction of sp³-hybridized carbons (Fsp3) is 1.00. The summed E-state index contributed by atoms with van der Waals surface area (Å²) in [6.45, 7) is -0.730. The molecule has 2 rings (SSSR count). The van der Waals surface area contributed by atoms with Crippen LogP contribution < -0.4 is 0 Å². The highest BCUT2D eigenvalue weighted by molar-refractivity contribution is 4.92. The zero-order valence-corrected chi connectivity index (χ0v) is 12.2. The van der Waals surface area contributed by atoms with Crippen LogP contribution in [0.5, 0.6) is 0 Å². The summed E-state index contributed by atoms with van der Waals surface area (Å²) in [6, 6.07) is 0. The Morgan fingerprint density at radius 1 is 0.792 bits per heavy atom. The Kier molecular flexibility index (Phi) is 6.44. The lowest BCUT2D eigenvalue weighted by Crippen LogP contribution is -2.64. The fourth-order valence-electron chi connectivity index (χ4n) is 2.53. The molecule has 2 heterocycles. The topological polar surface area (TPSA) is 190 Å². The molecule has 11 atom stereocenters. The molecule has 2 aliphatic heterocycles. The molecule has 0 aliphatic carbocycles. The molecule has 12 heteroatoms. The molecular formula is C12H21FO11. The molecule has 24 heavy (non-hydrogen) atoms. The van der Waals surface area contributed by atoms with Crippen molar-refractivity contribution in [1.29, 1.82) is 0 Å². The maximum absolute atomic E-state index is 13.0. The van der Waals surface area contributed by atoms with Crippen molar-refractivity contribution in [2.45, 2.75) is 67.8 Å². The Morgan fingerprint density at radius 3 is 1.79 bits per heavy atom. The number of hydrogen-bond donors (Lipinski definition) is 8. The summed E-state index contributed by atoms with van der Waals surface area (Å²) in [5.74, 6) is 0. The Bertz CT molecular complexity index is 410. The minimum Gasteiger partial charge on any atom is -0.394 e. The maximum atomic E-state index is 13.0. The average molecular weight is 360 g/mol. The van der Waals surface area contributed by atoms with Gasteiger partial charge in [0.25, 0.3) is 0 Å². The zero-order chi connectivity index (χ0) is 18.2. The van der Waals surface area contributed by atoms with Gasteiger partial charge in [-0.25, -0.2) is 4.39 Å². The van der Waals surface area contributed by atoms with Crippen molar-refractivity contribution in [3.63, 3.8) is 0 Å². The first-order valence-electron chi connectivity index (χ1n) is 7.16. The third-order valence-electron chi connectivity index (χ3n) is 3.99. The number of aliphatic hydroxyl groups is 8. The molecule has 2 saturated heterocycles. The summed E-state index contributed by atoms with van der Waals surface area (Å²) < 4.78 is 27.9. The highest BCUT2D eigenvalue weighted by atomic mass is 19.1. The van der Waals surface area contributed by atoms with Crippen molar-refractivity contribution >= 4 is 0 Å². The minimum absolute atomic E-state index is 0.730. The predicted molar refractivity (Wildman–Crippen MR) is 68.6 cm³/mol. The third kappa shape index (κ3) is 3.68. The highest BCUT2D eigenvalue weighted by Gasteiger charge is 2.51. The molecule has 0 aromatic rings. The van der Waals surface area contributed by atoms with Crippen LogP contribution in [-0.4, -0.2) is 115 Å². The van der Waals surface area contributed by atoms with Gasteiger partial charge in [-0.05, 0) is 0 Å². The molecule has 0 amide bonds. The first-order chi connectivity index (χ1) is 11.2. The lowest BCUT2D eigenvalue weighted by Gasteiger charge is -2.44. The van der Waals surface area contributed by atoms with E-state index in [-0.39, 0.29) is 0 Å². The normalized spacial score (nSPS) is 51.4. The number of rotatable bonds is 4. The van der Waals surface area contributed by atoms with Gasteiger partial charge < -0.3 is 55.1 Å². The fourth-order valence-corrected chi connectivity index (χ4v) is 2.53. The van der Waals surface area contributed by atoms with E-state index in [4.69, 9.17) is 24.4 Å². The van der Waals surface area contributed by atoms with Crippen LogP contribution in [-0.2, 0) is 14.2 Å². The third-order valence-corrected chi connectivity index (χ3v) is 3.99. The number of ether oxygens (including phenoxy) is 3. The molecule has 0 aromatic heterocycles. The van der Waals surface area contributed by atoms with Gasteiger partial charge in [0.1, 0.15) is 48.8 Å². The van der Waals surface area contributed by atoms with Crippen LogP contribution in [0.3, 0.4) is 0 Å². The molecule has 8 N–H and O–H groups in total. The number of aliphatic hydroxyl groups excluding tert-OH is 8. The molecule has 0 saturated carbocycles. The van der Waals surface area contributed by atoms with E-state index in [9.17, 15) is 35.0 Å². The monoisotopic (exact) mass is 360 g/mol. The molecule has 0 spiro atoms. The molecule has 0 radical (unpaired) electrons. The first-order valence-corrected chi connectivity index (χ1v) is 7.16. The van der Waals surface area contributed by atoms with Crippen molar-refractivity contribution in [3.8, 4) is 0 Å². The maximum Gasteiger partial charge on any atom is 0.225 e. The van der Waals surface area contributed by atoms with Crippen LogP contribution >= 0.6 is 0 Å². The lowest BCUT2D eigenvalue weighted by atomic mass is 9.98. The molecule has 1 unspecified atom stereocenters. The zero-order valence-electron chi connectivity index (χ0n) is 12.2. The summed E-state index contributed by atoms with van der Waals surface area (Å²) in [4.78, 5) is 0. The van der Waals surface area contributed by atoms with E-state index < -0.39 is 74.4 Å². The highest BCUT2D eigenvalue weighted by Crippen LogP contribution is 2.29. The lowest BCUT2D eigenvalue weighted by molar-refractivity contribution is -0.383. The molecule has 0 aromatic carbocycles. The summed E-state index contributed by atoms with van der Waals surface area (Å²) in [5.41, 5.74) is 0. The van der Waals surface area contributed by atoms with Crippen molar-refractivity contribution < 1.29 is 59.5 Å². The van der Waals surface area contributed by atoms with E-state index >= 15 is 0 Å². The van der Waals surface area contributed by atoms with Crippen molar-refractivity contribution in [3.05, 3.63) is 0 Å². The van der Waals surface area contributed by atoms with E-state index in [1.54, 1.807) is 0 Å². The molecule has 0 bridgehead atoms. The summed E-state index contributed by atoms with van der Waals surface area (Å²) >= 11 is 0. The Morgan fingerprint density at radius 2 is 1.29 bits per heavy atom. The molecule has 11 nitrogen and oxygen atoms in total. The second kappa shape index (κ2) is 7.80. The second-order valence-corrected chi connectivity index (χ2v) is 5.65. The van der Waals surface area contributed by atoms with E-state index in [2.05, 4.69) is 0 Å². The van der Waals surface area contributed by atoms with Crippen LogP contribution in [0.1, 0.15) is 0 Å². The van der Waals surface area contributed by atoms with Crippen molar-refractivity contribution in [1.82, 2.24) is 0 Å². The van der Waals surface area contributed by atoms with Gasteiger partial charge in [0, 0.05) is 0 Å². The smallest absolute Gasteiger partial charge is 0.225 e. The number of alkyl halides is 1. The minimum atomic E-state index is -2.71. The number of halogens is 1. The van der Waals surface area contributed by atoms with E-state index in [1.807, 2.05) is 0 Å². The van der Waals surface area contributed by atoms with Gasteiger partial charge in [-0.2, -0.15) is 0 Å². The van der Waals surface area contributed by atoms with E-state index in [1.165, 1.54) is 0 Å². The van der Waals surface area contributed by atoms with Gasteiger partial charge in [0.2, 0.25) is 6.36 Å². The predicted octanol–water partition coefficient (Wildman–Crippen LogP) is -5.10. The molecule has 142 valence electrons. The molecule has 2 aliphatic rings. The second-order valence-electron chi connectivity index (χ2n) is 5.65. The Balaban J connectivity index is 2.10. The Hall–Kier alpha value is -0.510. The van der Waals surface area contributed by atoms with Crippen molar-refractivity contribution in [2.24, 2.45) is 0 Å². The van der Waals surface area contributed by atoms with Crippen molar-refractivity contribution in [2.75, 3.05) is 6.61 Å². The van der Waals surface area contributed by atoms with Crippen LogP contribution in [0.25, 0.3) is 0 Å². The van der Waals surface area contributed by atoms with Gasteiger partial charge in [-0.15, -0.1) is 0 Å². The number of hydrogen-bond acceptors (Lipinski definition) is 11. The summed E-state index contributed by atoms with van der Waals surface area (Å²) in [5, 5.41) is 76.0. The molecular weight excluding hydrogens is 339 g/mol. The standard InChI is InChI=1S/C12H21FO11/c13-10(21)9-6(18)5(17)8(20)12(23-9)24-11-7(19)4(16)3(15)2(1-14)22-11/h2-12,14-21H,1H2/t2-,3-,4+,5+,6+,7-,8-,9+,10?,11-,12+/m1/s1. The van der Waals surface area contributed by atoms with Crippen LogP contribution in [0, 0.1) is 0 Å². The van der Waals surface area contributed by atoms with E-state index in [0.717, 1.165) is 0 Å². The van der Waals surface area contributed by atoms with Gasteiger partial charge in [-0.1, -0.05) is 0 Å². The first kappa shape index (κ1) is 19.8. The largest absolute Gasteiger partial charge is 0.394 e. The van der Waals surface area contributed by atoms with Gasteiger partial charge >= 0.3 is 0 Å². The van der Waals surface area contributed by atoms with Crippen LogP contribution in [0.15, 0.2) is 0 Å². The summed E-state index contributed by atoms with van der Waals surface area (Å²) in [6.07, 6.45) is -20.5.